The Morgan fingerprint density at radius 2 is 2.14 bits per heavy atom. The van der Waals surface area contributed by atoms with Gasteiger partial charge >= 0.3 is 0 Å². The molecule has 2 unspecified atom stereocenters. The lowest BCUT2D eigenvalue weighted by molar-refractivity contribution is 0.0919. The molecule has 1 amide bonds. The topological polar surface area (TPSA) is 62.2 Å². The molecule has 4 nitrogen and oxygen atoms in total. The van der Waals surface area contributed by atoms with Crippen molar-refractivity contribution in [2.75, 3.05) is 0 Å². The molecule has 2 N–H and O–H groups in total. The van der Waals surface area contributed by atoms with E-state index >= 15 is 0 Å². The number of amides is 1. The lowest BCUT2D eigenvalue weighted by Crippen LogP contribution is -2.38. The zero-order valence-corrected chi connectivity index (χ0v) is 12.2. The summed E-state index contributed by atoms with van der Waals surface area (Å²) in [6.07, 6.45) is 6.03. The maximum absolute atomic E-state index is 12.4. The number of pyridine rings is 1. The minimum atomic E-state index is -0.209. The van der Waals surface area contributed by atoms with Crippen molar-refractivity contribution in [1.82, 2.24) is 10.3 Å². The molecule has 3 rings (SSSR count). The highest BCUT2D eigenvalue weighted by atomic mass is 16.3. The third-order valence-electron chi connectivity index (χ3n) is 4.26. The van der Waals surface area contributed by atoms with E-state index in [0.717, 1.165) is 24.6 Å². The molecule has 0 bridgehead atoms. The summed E-state index contributed by atoms with van der Waals surface area (Å²) in [6, 6.07) is 7.37. The van der Waals surface area contributed by atoms with E-state index in [9.17, 15) is 9.90 Å². The predicted molar refractivity (Wildman–Crippen MR) is 89.0 cm³/mol. The molecular weight excluding hydrogens is 276 g/mol. The lowest BCUT2D eigenvalue weighted by atomic mass is 9.87. The number of aromatic hydroxyl groups is 1. The van der Waals surface area contributed by atoms with E-state index < -0.39 is 0 Å². The fourth-order valence-corrected chi connectivity index (χ4v) is 3.14. The van der Waals surface area contributed by atoms with Gasteiger partial charge in [-0.1, -0.05) is 39.3 Å². The largest absolute Gasteiger partial charge is 0.505 e. The standard InChI is InChI=1S/C17H20N2O2.CH4/c1-11-4-2-6-13(10-11)19-17(21)14-8-7-12-5-3-9-18-15(12)16(14)20;/h3,5,7-9,11,13,20H,2,4,6,10H2,1H3,(H,19,21);1H4. The van der Waals surface area contributed by atoms with Gasteiger partial charge in [0, 0.05) is 17.6 Å². The minimum absolute atomic E-state index is 0. The van der Waals surface area contributed by atoms with Crippen LogP contribution in [0.5, 0.6) is 5.75 Å². The number of benzene rings is 1. The van der Waals surface area contributed by atoms with E-state index in [-0.39, 0.29) is 25.1 Å². The van der Waals surface area contributed by atoms with Crippen molar-refractivity contribution >= 4 is 16.8 Å². The van der Waals surface area contributed by atoms with Crippen molar-refractivity contribution in [3.8, 4) is 5.75 Å². The Kier molecular flexibility index (Phi) is 5.01. The molecular formula is C18H24N2O2. The first-order valence-corrected chi connectivity index (χ1v) is 7.52. The maximum Gasteiger partial charge on any atom is 0.255 e. The first-order chi connectivity index (χ1) is 10.1. The molecule has 0 aliphatic heterocycles. The van der Waals surface area contributed by atoms with Crippen LogP contribution in [0, 0.1) is 5.92 Å². The Morgan fingerprint density at radius 3 is 2.91 bits per heavy atom. The van der Waals surface area contributed by atoms with E-state index in [1.807, 2.05) is 18.2 Å². The number of nitrogens with one attached hydrogen (secondary N) is 1. The van der Waals surface area contributed by atoms with Crippen LogP contribution < -0.4 is 5.32 Å². The van der Waals surface area contributed by atoms with E-state index in [0.29, 0.717) is 17.0 Å². The second kappa shape index (κ2) is 6.77. The Bertz CT molecular complexity index is 669. The molecule has 1 aliphatic rings. The van der Waals surface area contributed by atoms with E-state index in [1.54, 1.807) is 12.3 Å². The van der Waals surface area contributed by atoms with Gasteiger partial charge in [0.1, 0.15) is 5.52 Å². The fourth-order valence-electron chi connectivity index (χ4n) is 3.14. The smallest absolute Gasteiger partial charge is 0.255 e. The lowest BCUT2D eigenvalue weighted by Gasteiger charge is -2.27. The molecule has 1 fully saturated rings. The molecule has 1 saturated carbocycles. The Hall–Kier alpha value is -2.10. The van der Waals surface area contributed by atoms with Crippen LogP contribution in [-0.4, -0.2) is 22.0 Å². The van der Waals surface area contributed by atoms with Crippen LogP contribution in [0.15, 0.2) is 30.5 Å². The molecule has 0 spiro atoms. The first kappa shape index (κ1) is 16.3. The van der Waals surface area contributed by atoms with Gasteiger partial charge in [-0.3, -0.25) is 9.78 Å². The SMILES string of the molecule is C.CC1CCCC(NC(=O)c2ccc3cccnc3c2O)C1. The van der Waals surface area contributed by atoms with Crippen molar-refractivity contribution in [2.24, 2.45) is 5.92 Å². The Morgan fingerprint density at radius 1 is 1.32 bits per heavy atom. The van der Waals surface area contributed by atoms with Gasteiger partial charge in [0.25, 0.3) is 5.91 Å². The Balaban J connectivity index is 0.00000176. The van der Waals surface area contributed by atoms with Gasteiger partial charge in [-0.2, -0.15) is 0 Å². The average Bonchev–Trinajstić information content (AvgIpc) is 2.48. The van der Waals surface area contributed by atoms with Gasteiger partial charge < -0.3 is 10.4 Å². The van der Waals surface area contributed by atoms with Gasteiger partial charge in [-0.15, -0.1) is 0 Å². The van der Waals surface area contributed by atoms with Crippen LogP contribution in [0.4, 0.5) is 0 Å². The molecule has 118 valence electrons. The van der Waals surface area contributed by atoms with Crippen molar-refractivity contribution in [2.45, 2.75) is 46.1 Å². The van der Waals surface area contributed by atoms with Crippen LogP contribution in [0.25, 0.3) is 10.9 Å². The molecule has 1 heterocycles. The highest BCUT2D eigenvalue weighted by Gasteiger charge is 2.22. The van der Waals surface area contributed by atoms with Crippen molar-refractivity contribution in [3.63, 3.8) is 0 Å². The first-order valence-electron chi connectivity index (χ1n) is 7.52. The van der Waals surface area contributed by atoms with Gasteiger partial charge in [0.15, 0.2) is 5.75 Å². The number of nitrogens with zero attached hydrogens (tertiary/aromatic N) is 1. The molecule has 0 radical (unpaired) electrons. The number of hydrogen-bond acceptors (Lipinski definition) is 3. The van der Waals surface area contributed by atoms with Crippen molar-refractivity contribution in [3.05, 3.63) is 36.0 Å². The summed E-state index contributed by atoms with van der Waals surface area (Å²) in [7, 11) is 0. The Labute approximate surface area is 131 Å². The summed E-state index contributed by atoms with van der Waals surface area (Å²) >= 11 is 0. The third kappa shape index (κ3) is 3.21. The summed E-state index contributed by atoms with van der Waals surface area (Å²) < 4.78 is 0. The number of rotatable bonds is 2. The quantitative estimate of drug-likeness (QED) is 0.884. The monoisotopic (exact) mass is 300 g/mol. The molecule has 2 aromatic rings. The number of carbonyl (C=O) groups excluding carboxylic acids is 1. The van der Waals surface area contributed by atoms with Crippen LogP contribution in [-0.2, 0) is 0 Å². The van der Waals surface area contributed by atoms with Crippen molar-refractivity contribution < 1.29 is 9.90 Å². The molecule has 1 aromatic carbocycles. The average molecular weight is 300 g/mol. The number of fused-ring (bicyclic) bond motifs is 1. The summed E-state index contributed by atoms with van der Waals surface area (Å²) in [4.78, 5) is 16.5. The molecule has 22 heavy (non-hydrogen) atoms. The van der Waals surface area contributed by atoms with Gasteiger partial charge in [0.05, 0.1) is 5.56 Å². The fraction of sp³-hybridized carbons (Fsp3) is 0.444. The zero-order valence-electron chi connectivity index (χ0n) is 12.2. The zero-order chi connectivity index (χ0) is 14.8. The van der Waals surface area contributed by atoms with Gasteiger partial charge in [-0.25, -0.2) is 0 Å². The second-order valence-electron chi connectivity index (χ2n) is 5.98. The summed E-state index contributed by atoms with van der Waals surface area (Å²) in [6.45, 7) is 2.22. The highest BCUT2D eigenvalue weighted by molar-refractivity contribution is 6.02. The molecule has 4 heteroatoms. The van der Waals surface area contributed by atoms with Crippen LogP contribution in [0.2, 0.25) is 0 Å². The van der Waals surface area contributed by atoms with E-state index in [4.69, 9.17) is 0 Å². The summed E-state index contributed by atoms with van der Waals surface area (Å²) in [5.74, 6) is 0.407. The molecule has 1 aliphatic carbocycles. The number of aromatic nitrogens is 1. The van der Waals surface area contributed by atoms with Crippen molar-refractivity contribution in [1.29, 1.82) is 0 Å². The maximum atomic E-state index is 12.4. The second-order valence-corrected chi connectivity index (χ2v) is 5.98. The van der Waals surface area contributed by atoms with Crippen LogP contribution in [0.1, 0.15) is 50.4 Å². The molecule has 1 aromatic heterocycles. The van der Waals surface area contributed by atoms with E-state index in [2.05, 4.69) is 17.2 Å². The van der Waals surface area contributed by atoms with Crippen LogP contribution >= 0.6 is 0 Å². The number of phenols is 1. The predicted octanol–water partition coefficient (Wildman–Crippen LogP) is 3.89. The van der Waals surface area contributed by atoms with Crippen LogP contribution in [0.3, 0.4) is 0 Å². The third-order valence-corrected chi connectivity index (χ3v) is 4.26. The summed E-state index contributed by atoms with van der Waals surface area (Å²) in [5, 5.41) is 14.2. The normalized spacial score (nSPS) is 21.1. The number of phenolic OH excluding ortho intramolecular Hbond substituents is 1. The summed E-state index contributed by atoms with van der Waals surface area (Å²) in [5.41, 5.74) is 0.779. The number of hydrogen-bond donors (Lipinski definition) is 2. The van der Waals surface area contributed by atoms with Gasteiger partial charge in [-0.05, 0) is 30.9 Å². The minimum Gasteiger partial charge on any atom is -0.505 e. The van der Waals surface area contributed by atoms with E-state index in [1.165, 1.54) is 6.42 Å². The molecule has 2 atom stereocenters. The highest BCUT2D eigenvalue weighted by Crippen LogP contribution is 2.28. The number of carbonyl (C=O) groups is 1. The molecule has 0 saturated heterocycles. The van der Waals surface area contributed by atoms with Gasteiger partial charge in [0.2, 0.25) is 0 Å².